The Labute approximate surface area is 275 Å². The highest BCUT2D eigenvalue weighted by Gasteiger charge is 2.45. The normalized spacial score (nSPS) is 22.2. The first kappa shape index (κ1) is 33.9. The van der Waals surface area contributed by atoms with Crippen molar-refractivity contribution in [3.05, 3.63) is 94.8 Å². The van der Waals surface area contributed by atoms with Crippen molar-refractivity contribution in [2.75, 3.05) is 26.2 Å². The smallest absolute Gasteiger partial charge is 0.416 e. The fourth-order valence-corrected chi connectivity index (χ4v) is 7.33. The van der Waals surface area contributed by atoms with Crippen molar-refractivity contribution in [3.63, 3.8) is 0 Å². The van der Waals surface area contributed by atoms with E-state index in [1.165, 1.54) is 4.90 Å². The van der Waals surface area contributed by atoms with Crippen LogP contribution >= 0.6 is 0 Å². The van der Waals surface area contributed by atoms with E-state index in [1.807, 2.05) is 60.3 Å². The number of hydrogen-bond donors (Lipinski definition) is 0. The van der Waals surface area contributed by atoms with E-state index in [2.05, 4.69) is 4.90 Å². The van der Waals surface area contributed by atoms with E-state index in [0.29, 0.717) is 70.4 Å². The first-order chi connectivity index (χ1) is 22.7. The summed E-state index contributed by atoms with van der Waals surface area (Å²) in [7, 11) is 1.93. The number of carbonyl (C=O) groups excluding carboxylic acids is 2. The number of piperidine rings is 2. The van der Waals surface area contributed by atoms with E-state index in [4.69, 9.17) is 4.74 Å². The average molecular weight is 677 g/mol. The molecular formula is C35H38F6N4O3. The van der Waals surface area contributed by atoms with Gasteiger partial charge in [0.2, 0.25) is 0 Å². The van der Waals surface area contributed by atoms with Gasteiger partial charge in [-0.25, -0.2) is 4.79 Å². The number of amides is 2. The van der Waals surface area contributed by atoms with Crippen molar-refractivity contribution in [3.8, 4) is 0 Å². The van der Waals surface area contributed by atoms with Gasteiger partial charge in [-0.1, -0.05) is 30.3 Å². The molecule has 2 amide bonds. The van der Waals surface area contributed by atoms with Crippen LogP contribution < -0.4 is 0 Å². The molecule has 1 spiro atoms. The van der Waals surface area contributed by atoms with E-state index < -0.39 is 46.6 Å². The van der Waals surface area contributed by atoms with Crippen molar-refractivity contribution < 1.29 is 40.7 Å². The Kier molecular flexibility index (Phi) is 9.27. The van der Waals surface area contributed by atoms with E-state index in [0.717, 1.165) is 17.7 Å². The van der Waals surface area contributed by atoms with Crippen molar-refractivity contribution in [2.45, 2.75) is 75.1 Å². The van der Waals surface area contributed by atoms with Crippen molar-refractivity contribution in [2.24, 2.45) is 7.05 Å². The molecule has 4 heterocycles. The zero-order chi connectivity index (χ0) is 34.3. The molecule has 1 unspecified atom stereocenters. The topological polar surface area (TPSA) is 58.0 Å². The Hall–Kier alpha value is -4.00. The number of rotatable bonds is 6. The van der Waals surface area contributed by atoms with Crippen molar-refractivity contribution >= 4 is 12.0 Å². The Balaban J connectivity index is 1.15. The van der Waals surface area contributed by atoms with Crippen LogP contribution in [0.3, 0.4) is 0 Å². The Morgan fingerprint density at radius 1 is 0.875 bits per heavy atom. The Bertz CT molecular complexity index is 1580. The summed E-state index contributed by atoms with van der Waals surface area (Å²) in [6.07, 6.45) is -5.04. The van der Waals surface area contributed by atoms with Crippen molar-refractivity contribution in [1.82, 2.24) is 19.3 Å². The summed E-state index contributed by atoms with van der Waals surface area (Å²) < 4.78 is 89.6. The number of aromatic nitrogens is 1. The third-order valence-electron chi connectivity index (χ3n) is 10.1. The molecule has 7 nitrogen and oxygen atoms in total. The van der Waals surface area contributed by atoms with Gasteiger partial charge in [0.25, 0.3) is 5.91 Å². The molecule has 3 aliphatic heterocycles. The highest BCUT2D eigenvalue weighted by atomic mass is 19.4. The maximum absolute atomic E-state index is 13.7. The zero-order valence-electron chi connectivity index (χ0n) is 26.6. The quantitative estimate of drug-likeness (QED) is 0.260. The van der Waals surface area contributed by atoms with Gasteiger partial charge in [0.15, 0.2) is 0 Å². The molecule has 0 saturated carbocycles. The van der Waals surface area contributed by atoms with Crippen LogP contribution in [0.5, 0.6) is 0 Å². The molecule has 0 bridgehead atoms. The molecule has 2 atom stereocenters. The van der Waals surface area contributed by atoms with Crippen LogP contribution in [-0.4, -0.2) is 75.1 Å². The monoisotopic (exact) mass is 676 g/mol. The lowest BCUT2D eigenvalue weighted by atomic mass is 9.84. The van der Waals surface area contributed by atoms with Crippen LogP contribution in [0.2, 0.25) is 0 Å². The fourth-order valence-electron chi connectivity index (χ4n) is 7.33. The van der Waals surface area contributed by atoms with Crippen LogP contribution in [0.4, 0.5) is 31.1 Å². The maximum Gasteiger partial charge on any atom is 0.416 e. The SMILES string of the molecule is Cn1cccc1CN1CCC2(CCN(C3CCN(C(=O)c4cc(C(F)(F)F)cc(C(F)(F)F)c4)[C@H](Cc4ccccc4)C3)CC2)OC1=O. The minimum Gasteiger partial charge on any atom is -0.443 e. The van der Waals surface area contributed by atoms with E-state index >= 15 is 0 Å². The van der Waals surface area contributed by atoms with Gasteiger partial charge < -0.3 is 19.1 Å². The first-order valence-electron chi connectivity index (χ1n) is 16.2. The summed E-state index contributed by atoms with van der Waals surface area (Å²) in [5, 5.41) is 0. The fraction of sp³-hybridized carbons (Fsp3) is 0.486. The molecular weight excluding hydrogens is 638 g/mol. The second-order valence-corrected chi connectivity index (χ2v) is 13.2. The number of aryl methyl sites for hydroxylation is 1. The summed E-state index contributed by atoms with van der Waals surface area (Å²) >= 11 is 0. The summed E-state index contributed by atoms with van der Waals surface area (Å²) in [6, 6.07) is 13.9. The van der Waals surface area contributed by atoms with Gasteiger partial charge in [0.1, 0.15) is 5.60 Å². The lowest BCUT2D eigenvalue weighted by molar-refractivity contribution is -0.143. The largest absolute Gasteiger partial charge is 0.443 e. The molecule has 3 saturated heterocycles. The van der Waals surface area contributed by atoms with Crippen LogP contribution in [0.15, 0.2) is 66.9 Å². The molecule has 2 aromatic carbocycles. The number of alkyl halides is 6. The Morgan fingerprint density at radius 2 is 1.52 bits per heavy atom. The third-order valence-corrected chi connectivity index (χ3v) is 10.1. The van der Waals surface area contributed by atoms with E-state index in [1.54, 1.807) is 4.90 Å². The Morgan fingerprint density at radius 3 is 2.10 bits per heavy atom. The molecule has 3 aliphatic rings. The summed E-state index contributed by atoms with van der Waals surface area (Å²) in [4.78, 5) is 32.2. The van der Waals surface area contributed by atoms with Gasteiger partial charge in [-0.2, -0.15) is 26.3 Å². The van der Waals surface area contributed by atoms with Gasteiger partial charge in [-0.15, -0.1) is 0 Å². The second-order valence-electron chi connectivity index (χ2n) is 13.2. The lowest BCUT2D eigenvalue weighted by Gasteiger charge is -2.49. The molecule has 0 N–H and O–H groups in total. The van der Waals surface area contributed by atoms with E-state index in [-0.39, 0.29) is 24.7 Å². The van der Waals surface area contributed by atoms with Gasteiger partial charge in [-0.3, -0.25) is 9.69 Å². The molecule has 0 radical (unpaired) electrons. The van der Waals surface area contributed by atoms with Gasteiger partial charge in [0, 0.05) is 82.0 Å². The van der Waals surface area contributed by atoms with Gasteiger partial charge >= 0.3 is 18.4 Å². The van der Waals surface area contributed by atoms with Crippen LogP contribution in [0.1, 0.15) is 64.8 Å². The van der Waals surface area contributed by atoms with Gasteiger partial charge in [0.05, 0.1) is 17.7 Å². The molecule has 13 heteroatoms. The zero-order valence-corrected chi connectivity index (χ0v) is 26.6. The molecule has 6 rings (SSSR count). The molecule has 1 aromatic heterocycles. The maximum atomic E-state index is 13.7. The number of benzene rings is 2. The lowest BCUT2D eigenvalue weighted by Crippen LogP contribution is -2.58. The number of likely N-dealkylation sites (tertiary alicyclic amines) is 2. The molecule has 48 heavy (non-hydrogen) atoms. The summed E-state index contributed by atoms with van der Waals surface area (Å²) in [5.74, 6) is -0.849. The minimum absolute atomic E-state index is 0.0397. The molecule has 0 aliphatic carbocycles. The van der Waals surface area contributed by atoms with Crippen LogP contribution in [0, 0.1) is 0 Å². The van der Waals surface area contributed by atoms with Gasteiger partial charge in [-0.05, 0) is 55.2 Å². The molecule has 3 aromatic rings. The summed E-state index contributed by atoms with van der Waals surface area (Å²) in [6.45, 7) is 2.59. The number of ether oxygens (including phenoxy) is 1. The predicted octanol–water partition coefficient (Wildman–Crippen LogP) is 7.16. The predicted molar refractivity (Wildman–Crippen MR) is 165 cm³/mol. The van der Waals surface area contributed by atoms with Crippen molar-refractivity contribution in [1.29, 1.82) is 0 Å². The molecule has 3 fully saturated rings. The number of nitrogens with zero attached hydrogens (tertiary/aromatic N) is 4. The average Bonchev–Trinajstić information content (AvgIpc) is 3.46. The number of halogens is 6. The summed E-state index contributed by atoms with van der Waals surface area (Å²) in [5.41, 5.74) is -2.27. The highest BCUT2D eigenvalue weighted by molar-refractivity contribution is 5.95. The van der Waals surface area contributed by atoms with Crippen LogP contribution in [0.25, 0.3) is 0 Å². The standard InChI is InChI=1S/C35H38F6N4O3/c1-42-13-5-8-29(42)23-44-17-12-33(48-32(44)47)10-15-43(16-11-33)28-9-14-45(30(22-28)18-24-6-3-2-4-7-24)31(46)25-19-26(34(36,37)38)21-27(20-25)35(39,40)41/h2-8,13,19-21,28,30H,9-12,14-18,22-23H2,1H3/t28?,30-/m1/s1. The minimum atomic E-state index is -5.05. The van der Waals surface area contributed by atoms with E-state index in [9.17, 15) is 35.9 Å². The third kappa shape index (κ3) is 7.35. The number of carbonyl (C=O) groups is 2. The first-order valence-corrected chi connectivity index (χ1v) is 16.2. The highest BCUT2D eigenvalue weighted by Crippen LogP contribution is 2.39. The van der Waals surface area contributed by atoms with Crippen LogP contribution in [-0.2, 0) is 37.1 Å². The molecule has 258 valence electrons. The number of hydrogen-bond acceptors (Lipinski definition) is 4. The second kappa shape index (κ2) is 13.1.